The van der Waals surface area contributed by atoms with Gasteiger partial charge in [0.1, 0.15) is 0 Å². The van der Waals surface area contributed by atoms with Crippen LogP contribution in [-0.4, -0.2) is 5.38 Å². The Hall–Kier alpha value is 0.290. The number of halogens is 1. The highest BCUT2D eigenvalue weighted by Gasteiger charge is 2.25. The molecule has 0 nitrogen and oxygen atoms in total. The van der Waals surface area contributed by atoms with Gasteiger partial charge in [-0.1, -0.05) is 0 Å². The fourth-order valence-electron chi connectivity index (χ4n) is 0.458. The highest BCUT2D eigenvalue weighted by atomic mass is 35.5. The molecule has 6 heavy (non-hydrogen) atoms. The Kier molecular flexibility index (Phi) is 1.05. The van der Waals surface area contributed by atoms with E-state index in [9.17, 15) is 0 Å². The van der Waals surface area contributed by atoms with Gasteiger partial charge in [0, 0.05) is 5.38 Å². The first-order chi connectivity index (χ1) is 2.80. The Labute approximate surface area is 43.5 Å². The fourth-order valence-corrected chi connectivity index (χ4v) is 0.710. The van der Waals surface area contributed by atoms with Gasteiger partial charge in [-0.2, -0.15) is 0 Å². The van der Waals surface area contributed by atoms with Gasteiger partial charge >= 0.3 is 0 Å². The van der Waals surface area contributed by atoms with E-state index in [0.29, 0.717) is 0 Å². The van der Waals surface area contributed by atoms with Crippen LogP contribution in [0.4, 0.5) is 0 Å². The largest absolute Gasteiger partial charge is 0.123 e. The molecule has 0 N–H and O–H groups in total. The van der Waals surface area contributed by atoms with Gasteiger partial charge in [-0.05, 0) is 25.7 Å². The molecule has 1 heteroatoms. The second-order valence-electron chi connectivity index (χ2n) is 1.85. The van der Waals surface area contributed by atoms with E-state index in [4.69, 9.17) is 11.6 Å². The zero-order chi connectivity index (χ0) is 4.57. The number of alkyl halides is 1. The van der Waals surface area contributed by atoms with Crippen LogP contribution < -0.4 is 0 Å². The third kappa shape index (κ3) is 0.874. The van der Waals surface area contributed by atoms with Crippen LogP contribution in [0.2, 0.25) is 0 Å². The van der Waals surface area contributed by atoms with Crippen LogP contribution in [0.15, 0.2) is 0 Å². The SMILES string of the molecule is [CH2]C(Cl)C1CC1. The lowest BCUT2D eigenvalue weighted by molar-refractivity contribution is 0.869. The van der Waals surface area contributed by atoms with E-state index in [1.165, 1.54) is 12.8 Å². The number of hydrogen-bond donors (Lipinski definition) is 0. The molecule has 0 spiro atoms. The van der Waals surface area contributed by atoms with Crippen molar-refractivity contribution in [3.63, 3.8) is 0 Å². The van der Waals surface area contributed by atoms with Crippen LogP contribution >= 0.6 is 11.6 Å². The summed E-state index contributed by atoms with van der Waals surface area (Å²) in [6.45, 7) is 3.67. The van der Waals surface area contributed by atoms with Gasteiger partial charge in [0.25, 0.3) is 0 Å². The molecular weight excluding hydrogens is 95.5 g/mol. The summed E-state index contributed by atoms with van der Waals surface area (Å²) in [5, 5.41) is 0.185. The topological polar surface area (TPSA) is 0 Å². The Balaban J connectivity index is 2.13. The van der Waals surface area contributed by atoms with Crippen molar-refractivity contribution in [2.24, 2.45) is 5.92 Å². The molecule has 0 aromatic rings. The van der Waals surface area contributed by atoms with Gasteiger partial charge in [0.2, 0.25) is 0 Å². The first-order valence-electron chi connectivity index (χ1n) is 2.28. The maximum absolute atomic E-state index is 5.56. The summed E-state index contributed by atoms with van der Waals surface area (Å²) in [7, 11) is 0. The second kappa shape index (κ2) is 1.42. The summed E-state index contributed by atoms with van der Waals surface area (Å²) in [6, 6.07) is 0. The van der Waals surface area contributed by atoms with Crippen molar-refractivity contribution in [3.05, 3.63) is 6.92 Å². The van der Waals surface area contributed by atoms with Gasteiger partial charge < -0.3 is 0 Å². The average Bonchev–Trinajstić information content (AvgIpc) is 2.06. The first kappa shape index (κ1) is 4.45. The standard InChI is InChI=1S/C5H8Cl/c1-4(6)5-2-3-5/h4-5H,1-3H2. The minimum Gasteiger partial charge on any atom is -0.123 e. The maximum atomic E-state index is 5.56. The summed E-state index contributed by atoms with van der Waals surface area (Å²) >= 11 is 5.56. The molecule has 0 aromatic carbocycles. The molecule has 1 radical (unpaired) electrons. The molecule has 0 aliphatic heterocycles. The second-order valence-corrected chi connectivity index (χ2v) is 2.41. The molecule has 1 fully saturated rings. The van der Waals surface area contributed by atoms with Gasteiger partial charge in [-0.25, -0.2) is 0 Å². The average molecular weight is 104 g/mol. The van der Waals surface area contributed by atoms with Crippen molar-refractivity contribution in [2.45, 2.75) is 18.2 Å². The summed E-state index contributed by atoms with van der Waals surface area (Å²) in [5.41, 5.74) is 0. The highest BCUT2D eigenvalue weighted by Crippen LogP contribution is 2.34. The molecule has 1 aliphatic rings. The van der Waals surface area contributed by atoms with Crippen molar-refractivity contribution in [1.82, 2.24) is 0 Å². The molecule has 0 aromatic heterocycles. The van der Waals surface area contributed by atoms with E-state index >= 15 is 0 Å². The summed E-state index contributed by atoms with van der Waals surface area (Å²) in [6.07, 6.45) is 2.61. The lowest BCUT2D eigenvalue weighted by atomic mass is 10.3. The quantitative estimate of drug-likeness (QED) is 0.445. The monoisotopic (exact) mass is 103 g/mol. The number of rotatable bonds is 1. The molecule has 1 saturated carbocycles. The third-order valence-corrected chi connectivity index (χ3v) is 1.49. The Morgan fingerprint density at radius 1 is 1.67 bits per heavy atom. The third-order valence-electron chi connectivity index (χ3n) is 1.13. The maximum Gasteiger partial charge on any atom is 0.0364 e. The van der Waals surface area contributed by atoms with Gasteiger partial charge in [-0.3, -0.25) is 0 Å². The molecule has 1 rings (SSSR count). The van der Waals surface area contributed by atoms with E-state index in [2.05, 4.69) is 6.92 Å². The van der Waals surface area contributed by atoms with Crippen LogP contribution in [0.5, 0.6) is 0 Å². The highest BCUT2D eigenvalue weighted by molar-refractivity contribution is 6.21. The molecule has 35 valence electrons. The van der Waals surface area contributed by atoms with Crippen LogP contribution in [0, 0.1) is 12.8 Å². The Bertz CT molecular complexity index is 45.9. The smallest absolute Gasteiger partial charge is 0.0364 e. The fraction of sp³-hybridized carbons (Fsp3) is 0.800. The molecule has 1 atom stereocenters. The molecule has 0 heterocycles. The lowest BCUT2D eigenvalue weighted by Gasteiger charge is -1.90. The predicted octanol–water partition coefficient (Wildman–Crippen LogP) is 1.84. The van der Waals surface area contributed by atoms with Crippen molar-refractivity contribution in [2.75, 3.05) is 0 Å². The van der Waals surface area contributed by atoms with Crippen molar-refractivity contribution < 1.29 is 0 Å². The lowest BCUT2D eigenvalue weighted by Crippen LogP contribution is -1.90. The van der Waals surface area contributed by atoms with E-state index in [1.54, 1.807) is 0 Å². The normalized spacial score (nSPS) is 27.0. The zero-order valence-corrected chi connectivity index (χ0v) is 4.41. The summed E-state index contributed by atoms with van der Waals surface area (Å²) < 4.78 is 0. The zero-order valence-electron chi connectivity index (χ0n) is 3.65. The minimum atomic E-state index is 0.185. The van der Waals surface area contributed by atoms with Crippen LogP contribution in [0.3, 0.4) is 0 Å². The molecule has 0 amide bonds. The van der Waals surface area contributed by atoms with Crippen molar-refractivity contribution in [3.8, 4) is 0 Å². The van der Waals surface area contributed by atoms with Crippen molar-refractivity contribution >= 4 is 11.6 Å². The predicted molar refractivity (Wildman–Crippen MR) is 27.7 cm³/mol. The van der Waals surface area contributed by atoms with Crippen LogP contribution in [-0.2, 0) is 0 Å². The summed E-state index contributed by atoms with van der Waals surface area (Å²) in [5.74, 6) is 0.756. The van der Waals surface area contributed by atoms with Gasteiger partial charge in [0.05, 0.1) is 0 Å². The molecular formula is C5H8Cl. The van der Waals surface area contributed by atoms with E-state index in [-0.39, 0.29) is 5.38 Å². The minimum absolute atomic E-state index is 0.185. The van der Waals surface area contributed by atoms with E-state index in [1.807, 2.05) is 0 Å². The summed E-state index contributed by atoms with van der Waals surface area (Å²) in [4.78, 5) is 0. The van der Waals surface area contributed by atoms with Gasteiger partial charge in [0.15, 0.2) is 0 Å². The number of hydrogen-bond acceptors (Lipinski definition) is 0. The van der Waals surface area contributed by atoms with Crippen molar-refractivity contribution in [1.29, 1.82) is 0 Å². The Morgan fingerprint density at radius 3 is 2.17 bits per heavy atom. The van der Waals surface area contributed by atoms with Gasteiger partial charge in [-0.15, -0.1) is 11.6 Å². The van der Waals surface area contributed by atoms with E-state index in [0.717, 1.165) is 5.92 Å². The molecule has 1 aliphatic carbocycles. The van der Waals surface area contributed by atoms with Crippen LogP contribution in [0.25, 0.3) is 0 Å². The Morgan fingerprint density at radius 2 is 2.17 bits per heavy atom. The molecule has 1 unspecified atom stereocenters. The van der Waals surface area contributed by atoms with Crippen LogP contribution in [0.1, 0.15) is 12.8 Å². The molecule has 0 bridgehead atoms. The van der Waals surface area contributed by atoms with E-state index < -0.39 is 0 Å². The first-order valence-corrected chi connectivity index (χ1v) is 2.71. The molecule has 0 saturated heterocycles.